The number of likely N-dealkylation sites (N-methyl/N-ethyl adjacent to an activating group) is 1. The van der Waals surface area contributed by atoms with Crippen molar-refractivity contribution in [2.45, 2.75) is 24.5 Å². The van der Waals surface area contributed by atoms with Crippen LogP contribution < -0.4 is 16.4 Å². The van der Waals surface area contributed by atoms with Crippen LogP contribution >= 0.6 is 0 Å². The highest BCUT2D eigenvalue weighted by molar-refractivity contribution is 6.32. The fourth-order valence-electron chi connectivity index (χ4n) is 6.07. The van der Waals surface area contributed by atoms with Crippen molar-refractivity contribution in [2.24, 2.45) is 29.4 Å². The zero-order valence-electron chi connectivity index (χ0n) is 19.4. The van der Waals surface area contributed by atoms with Crippen molar-refractivity contribution < 1.29 is 34.2 Å². The summed E-state index contributed by atoms with van der Waals surface area (Å²) in [7, 11) is 6.58. The van der Waals surface area contributed by atoms with Crippen LogP contribution in [0.5, 0.6) is 5.75 Å². The number of aliphatic hydroxyl groups is 1. The van der Waals surface area contributed by atoms with Crippen molar-refractivity contribution in [3.05, 3.63) is 17.2 Å². The van der Waals surface area contributed by atoms with E-state index in [-0.39, 0.29) is 24.1 Å². The molecule has 2 unspecified atom stereocenters. The maximum atomic E-state index is 13.7. The van der Waals surface area contributed by atoms with Crippen LogP contribution in [0.15, 0.2) is 6.07 Å². The Morgan fingerprint density at radius 2 is 1.74 bits per heavy atom. The molecule has 3 aliphatic carbocycles. The van der Waals surface area contributed by atoms with Crippen molar-refractivity contribution >= 4 is 40.4 Å². The van der Waals surface area contributed by atoms with Crippen molar-refractivity contribution in [1.29, 1.82) is 0 Å². The third-order valence-electron chi connectivity index (χ3n) is 7.55. The number of carbonyl (C=O) groups excluding carboxylic acids is 5. The molecule has 0 aliphatic heterocycles. The van der Waals surface area contributed by atoms with Crippen LogP contribution in [0, 0.1) is 23.7 Å². The summed E-state index contributed by atoms with van der Waals surface area (Å²) in [6, 6.07) is 0.408. The summed E-state index contributed by atoms with van der Waals surface area (Å²) in [5.74, 6) is -10.8. The number of nitrogens with zero attached hydrogens (tertiary/aromatic N) is 2. The van der Waals surface area contributed by atoms with Crippen LogP contribution in [0.2, 0.25) is 0 Å². The molecule has 0 saturated heterocycles. The molecular formula is C23H28N4O7. The number of phenols is 1. The van der Waals surface area contributed by atoms with Crippen molar-refractivity contribution in [1.82, 2.24) is 4.90 Å². The molecule has 0 heterocycles. The molecule has 4 rings (SSSR count). The van der Waals surface area contributed by atoms with E-state index in [2.05, 4.69) is 0 Å². The number of anilines is 2. The molecule has 0 radical (unpaired) electrons. The molecule has 2 saturated carbocycles. The molecule has 1 amide bonds. The van der Waals surface area contributed by atoms with Crippen LogP contribution in [-0.4, -0.2) is 84.0 Å². The van der Waals surface area contributed by atoms with Gasteiger partial charge in [-0.1, -0.05) is 0 Å². The summed E-state index contributed by atoms with van der Waals surface area (Å²) in [6.07, 6.45) is 0.190. The maximum absolute atomic E-state index is 13.7. The number of Topliss-reactive ketones (excluding diaryl/α,β-unsaturated/α-hetero) is 4. The normalized spacial score (nSPS) is 32.8. The van der Waals surface area contributed by atoms with Gasteiger partial charge in [0, 0.05) is 25.7 Å². The van der Waals surface area contributed by atoms with Gasteiger partial charge >= 0.3 is 0 Å². The standard InChI is InChI=1S/C23H28N4O7/c1-26(2)12-7-11(24)17(28)14-9(12)5-8-6-10-16(27(3)4)19(30)15(22(25)33)21(32)23(10,34)20(31)13(8)18(14)29/h7-8,10,13,15-16,28,34H,5-6,24H2,1-4H3,(H2,25,33)/t8-,10-,13?,15?,16-,23-/m1/s1. The average Bonchev–Trinajstić information content (AvgIpc) is 2.72. The van der Waals surface area contributed by atoms with Crippen LogP contribution in [0.25, 0.3) is 0 Å². The van der Waals surface area contributed by atoms with Gasteiger partial charge < -0.3 is 26.6 Å². The quantitative estimate of drug-likeness (QED) is 0.230. The first-order chi connectivity index (χ1) is 15.7. The number of phenolic OH excluding ortho intramolecular Hbond substituents is 1. The van der Waals surface area contributed by atoms with Crippen LogP contribution in [0.3, 0.4) is 0 Å². The number of nitrogens with two attached hydrogens (primary N) is 2. The van der Waals surface area contributed by atoms with Gasteiger partial charge in [-0.25, -0.2) is 0 Å². The lowest BCUT2D eigenvalue weighted by Crippen LogP contribution is -2.74. The fourth-order valence-corrected chi connectivity index (χ4v) is 6.07. The van der Waals surface area contributed by atoms with Crippen LogP contribution in [0.4, 0.5) is 11.4 Å². The lowest BCUT2D eigenvalue weighted by molar-refractivity contribution is -0.181. The summed E-state index contributed by atoms with van der Waals surface area (Å²) >= 11 is 0. The Labute approximate surface area is 195 Å². The van der Waals surface area contributed by atoms with Gasteiger partial charge in [0.15, 0.2) is 34.7 Å². The molecule has 0 spiro atoms. The third-order valence-corrected chi connectivity index (χ3v) is 7.55. The van der Waals surface area contributed by atoms with E-state index < -0.39 is 70.1 Å². The largest absolute Gasteiger partial charge is 0.505 e. The highest BCUT2D eigenvalue weighted by atomic mass is 16.3. The number of hydrogen-bond donors (Lipinski definition) is 4. The van der Waals surface area contributed by atoms with Crippen molar-refractivity contribution in [2.75, 3.05) is 38.8 Å². The second kappa shape index (κ2) is 7.60. The fraction of sp³-hybridized carbons (Fsp3) is 0.522. The third kappa shape index (κ3) is 2.93. The Morgan fingerprint density at radius 1 is 1.12 bits per heavy atom. The van der Waals surface area contributed by atoms with Crippen molar-refractivity contribution in [3.8, 4) is 5.75 Å². The highest BCUT2D eigenvalue weighted by Gasteiger charge is 2.69. The average molecular weight is 472 g/mol. The number of fused-ring (bicyclic) bond motifs is 3. The predicted octanol–water partition coefficient (Wildman–Crippen LogP) is -1.48. The monoisotopic (exact) mass is 472 g/mol. The van der Waals surface area contributed by atoms with Gasteiger partial charge in [-0.05, 0) is 44.5 Å². The van der Waals surface area contributed by atoms with E-state index in [1.54, 1.807) is 33.1 Å². The minimum absolute atomic E-state index is 0.00189. The summed E-state index contributed by atoms with van der Waals surface area (Å²) in [5, 5.41) is 22.1. The molecule has 1 aromatic rings. The van der Waals surface area contributed by atoms with Crippen molar-refractivity contribution in [3.63, 3.8) is 0 Å². The summed E-state index contributed by atoms with van der Waals surface area (Å²) < 4.78 is 0. The van der Waals surface area contributed by atoms with E-state index >= 15 is 0 Å². The lowest BCUT2D eigenvalue weighted by atomic mass is 9.52. The van der Waals surface area contributed by atoms with Crippen LogP contribution in [0.1, 0.15) is 22.3 Å². The molecule has 6 atom stereocenters. The molecule has 0 aromatic heterocycles. The predicted molar refractivity (Wildman–Crippen MR) is 120 cm³/mol. The first-order valence-electron chi connectivity index (χ1n) is 10.9. The Bertz CT molecular complexity index is 1160. The maximum Gasteiger partial charge on any atom is 0.235 e. The molecule has 3 aliphatic rings. The highest BCUT2D eigenvalue weighted by Crippen LogP contribution is 2.52. The first kappa shape index (κ1) is 23.8. The first-order valence-corrected chi connectivity index (χ1v) is 10.9. The van der Waals surface area contributed by atoms with E-state index in [4.69, 9.17) is 11.5 Å². The second-order valence-corrected chi connectivity index (χ2v) is 9.87. The van der Waals surface area contributed by atoms with E-state index in [0.29, 0.717) is 11.3 Å². The number of aromatic hydroxyl groups is 1. The van der Waals surface area contributed by atoms with Gasteiger partial charge in [0.2, 0.25) is 5.91 Å². The zero-order valence-corrected chi connectivity index (χ0v) is 19.4. The molecule has 1 aromatic carbocycles. The second-order valence-electron chi connectivity index (χ2n) is 9.87. The molecule has 34 heavy (non-hydrogen) atoms. The minimum atomic E-state index is -2.74. The SMILES string of the molecule is CN(C)c1cc(N)c(O)c2c1C[C@@H]1C[C@@H]3[C@@H](N(C)C)C(=O)C(C(N)=O)C(=O)[C@]3(O)C(=O)C1C2=O. The number of ketones is 4. The molecule has 2 fully saturated rings. The van der Waals surface area contributed by atoms with Gasteiger partial charge in [0.25, 0.3) is 0 Å². The molecule has 0 bridgehead atoms. The van der Waals surface area contributed by atoms with Gasteiger partial charge in [0.05, 0.1) is 23.2 Å². The van der Waals surface area contributed by atoms with E-state index in [1.807, 2.05) is 0 Å². The molecule has 182 valence electrons. The Hall–Kier alpha value is -3.31. The number of nitrogen functional groups attached to an aromatic ring is 1. The van der Waals surface area contributed by atoms with Gasteiger partial charge in [-0.15, -0.1) is 0 Å². The minimum Gasteiger partial charge on any atom is -0.505 e. The Morgan fingerprint density at radius 3 is 2.26 bits per heavy atom. The Balaban J connectivity index is 1.91. The number of primary amides is 1. The number of hydrogen-bond acceptors (Lipinski definition) is 10. The van der Waals surface area contributed by atoms with E-state index in [0.717, 1.165) is 0 Å². The number of carbonyl (C=O) groups is 5. The van der Waals surface area contributed by atoms with Gasteiger partial charge in [0.1, 0.15) is 5.75 Å². The number of benzene rings is 1. The van der Waals surface area contributed by atoms with Gasteiger partial charge in [-0.3, -0.25) is 28.9 Å². The number of amides is 1. The zero-order chi connectivity index (χ0) is 25.4. The molecular weight excluding hydrogens is 444 g/mol. The summed E-state index contributed by atoms with van der Waals surface area (Å²) in [6.45, 7) is 0. The van der Waals surface area contributed by atoms with Crippen LogP contribution in [-0.2, 0) is 25.6 Å². The molecule has 11 nitrogen and oxygen atoms in total. The Kier molecular flexibility index (Phi) is 5.33. The smallest absolute Gasteiger partial charge is 0.235 e. The molecule has 6 N–H and O–H groups in total. The molecule has 11 heteroatoms. The van der Waals surface area contributed by atoms with E-state index in [9.17, 15) is 34.2 Å². The lowest BCUT2D eigenvalue weighted by Gasteiger charge is -2.52. The van der Waals surface area contributed by atoms with Gasteiger partial charge in [-0.2, -0.15) is 0 Å². The summed E-state index contributed by atoms with van der Waals surface area (Å²) in [5.41, 5.74) is 9.41. The summed E-state index contributed by atoms with van der Waals surface area (Å²) in [4.78, 5) is 68.7. The number of rotatable bonds is 3. The van der Waals surface area contributed by atoms with E-state index in [1.165, 1.54) is 11.0 Å². The topological polar surface area (TPSA) is 184 Å².